The molecule has 1 amide bonds. The monoisotopic (exact) mass is 412 g/mol. The highest BCUT2D eigenvalue weighted by Crippen LogP contribution is 2.20. The minimum Gasteiger partial charge on any atom is -0.361 e. The van der Waals surface area contributed by atoms with E-state index in [-0.39, 0.29) is 18.1 Å². The van der Waals surface area contributed by atoms with Crippen LogP contribution in [0.15, 0.2) is 53.2 Å². The Bertz CT molecular complexity index is 1140. The van der Waals surface area contributed by atoms with Crippen molar-refractivity contribution in [1.29, 1.82) is 0 Å². The zero-order valence-corrected chi connectivity index (χ0v) is 16.2. The molecule has 6 nitrogen and oxygen atoms in total. The molecule has 148 valence electrons. The van der Waals surface area contributed by atoms with Crippen molar-refractivity contribution in [3.8, 4) is 11.4 Å². The molecule has 29 heavy (non-hydrogen) atoms. The van der Waals surface area contributed by atoms with Crippen LogP contribution in [0.2, 0.25) is 5.02 Å². The van der Waals surface area contributed by atoms with Crippen LogP contribution in [0.5, 0.6) is 0 Å². The van der Waals surface area contributed by atoms with E-state index < -0.39 is 0 Å². The predicted molar refractivity (Wildman–Crippen MR) is 108 cm³/mol. The molecule has 2 aromatic heterocycles. The summed E-state index contributed by atoms with van der Waals surface area (Å²) in [5.41, 5.74) is 2.63. The SMILES string of the molecule is O=C(CCc1nc(-c2ccc(Cl)cc2)no1)NCCc1c[nH]c2ccc(F)cc12. The summed E-state index contributed by atoms with van der Waals surface area (Å²) in [4.78, 5) is 19.5. The van der Waals surface area contributed by atoms with Gasteiger partial charge in [0.15, 0.2) is 0 Å². The van der Waals surface area contributed by atoms with E-state index in [1.54, 1.807) is 30.3 Å². The lowest BCUT2D eigenvalue weighted by Gasteiger charge is -2.04. The summed E-state index contributed by atoms with van der Waals surface area (Å²) in [7, 11) is 0. The van der Waals surface area contributed by atoms with Gasteiger partial charge in [0.1, 0.15) is 5.82 Å². The average molecular weight is 413 g/mol. The summed E-state index contributed by atoms with van der Waals surface area (Å²) in [6.07, 6.45) is 3.04. The number of hydrogen-bond acceptors (Lipinski definition) is 4. The summed E-state index contributed by atoms with van der Waals surface area (Å²) in [5.74, 6) is 0.475. The van der Waals surface area contributed by atoms with Crippen LogP contribution in [0.25, 0.3) is 22.3 Å². The first-order chi connectivity index (χ1) is 14.1. The van der Waals surface area contributed by atoms with E-state index >= 15 is 0 Å². The van der Waals surface area contributed by atoms with Gasteiger partial charge in [0, 0.05) is 47.1 Å². The largest absolute Gasteiger partial charge is 0.361 e. The van der Waals surface area contributed by atoms with Gasteiger partial charge in [0.05, 0.1) is 0 Å². The fraction of sp³-hybridized carbons (Fsp3) is 0.190. The van der Waals surface area contributed by atoms with Gasteiger partial charge in [-0.05, 0) is 54.4 Å². The van der Waals surface area contributed by atoms with Gasteiger partial charge in [-0.25, -0.2) is 4.39 Å². The van der Waals surface area contributed by atoms with Crippen LogP contribution < -0.4 is 5.32 Å². The average Bonchev–Trinajstić information content (AvgIpc) is 3.34. The minimum atomic E-state index is -0.278. The second-order valence-electron chi connectivity index (χ2n) is 6.62. The van der Waals surface area contributed by atoms with Gasteiger partial charge in [0.25, 0.3) is 0 Å². The normalized spacial score (nSPS) is 11.1. The molecule has 0 bridgehead atoms. The van der Waals surface area contributed by atoms with Crippen LogP contribution >= 0.6 is 11.6 Å². The lowest BCUT2D eigenvalue weighted by molar-refractivity contribution is -0.121. The molecule has 0 aliphatic rings. The number of nitrogens with zero attached hydrogens (tertiary/aromatic N) is 2. The van der Waals surface area contributed by atoms with Crippen LogP contribution in [-0.4, -0.2) is 27.6 Å². The molecular weight excluding hydrogens is 395 g/mol. The molecule has 0 fully saturated rings. The second kappa shape index (κ2) is 8.45. The smallest absolute Gasteiger partial charge is 0.227 e. The van der Waals surface area contributed by atoms with Gasteiger partial charge in [-0.2, -0.15) is 4.98 Å². The minimum absolute atomic E-state index is 0.109. The number of aromatic nitrogens is 3. The van der Waals surface area contributed by atoms with Crippen molar-refractivity contribution < 1.29 is 13.7 Å². The highest BCUT2D eigenvalue weighted by atomic mass is 35.5. The predicted octanol–water partition coefficient (Wildman–Crippen LogP) is 4.30. The van der Waals surface area contributed by atoms with E-state index in [2.05, 4.69) is 20.4 Å². The molecule has 0 aliphatic carbocycles. The fourth-order valence-electron chi connectivity index (χ4n) is 3.08. The zero-order chi connectivity index (χ0) is 20.2. The standard InChI is InChI=1S/C21H18ClFN4O2/c22-15-3-1-13(2-4-15)21-26-20(29-27-21)8-7-19(28)24-10-9-14-12-25-18-6-5-16(23)11-17(14)18/h1-6,11-12,25H,7-10H2,(H,24,28). The number of aryl methyl sites for hydroxylation is 1. The summed E-state index contributed by atoms with van der Waals surface area (Å²) >= 11 is 5.87. The summed E-state index contributed by atoms with van der Waals surface area (Å²) < 4.78 is 18.6. The molecule has 2 N–H and O–H groups in total. The van der Waals surface area contributed by atoms with E-state index in [1.165, 1.54) is 12.1 Å². The van der Waals surface area contributed by atoms with E-state index in [0.717, 1.165) is 22.0 Å². The van der Waals surface area contributed by atoms with Crippen LogP contribution in [0.3, 0.4) is 0 Å². The van der Waals surface area contributed by atoms with Gasteiger partial charge in [-0.1, -0.05) is 16.8 Å². The number of carbonyl (C=O) groups excluding carboxylic acids is 1. The molecule has 0 spiro atoms. The third kappa shape index (κ3) is 4.63. The Kier molecular flexibility index (Phi) is 5.57. The Morgan fingerprint density at radius 2 is 2.00 bits per heavy atom. The Hall–Kier alpha value is -3.19. The van der Waals surface area contributed by atoms with Crippen molar-refractivity contribution >= 4 is 28.4 Å². The van der Waals surface area contributed by atoms with Crippen molar-refractivity contribution in [2.45, 2.75) is 19.3 Å². The number of H-pyrrole nitrogens is 1. The molecule has 0 unspecified atom stereocenters. The van der Waals surface area contributed by atoms with E-state index in [4.69, 9.17) is 16.1 Å². The van der Waals surface area contributed by atoms with Gasteiger partial charge in [0.2, 0.25) is 17.6 Å². The molecule has 2 aromatic carbocycles. The van der Waals surface area contributed by atoms with Gasteiger partial charge in [-0.15, -0.1) is 0 Å². The molecule has 4 aromatic rings. The molecule has 2 heterocycles. The molecule has 0 saturated carbocycles. The maximum Gasteiger partial charge on any atom is 0.227 e. The number of rotatable bonds is 7. The van der Waals surface area contributed by atoms with Crippen LogP contribution in [0.1, 0.15) is 17.9 Å². The molecule has 8 heteroatoms. The van der Waals surface area contributed by atoms with Gasteiger partial charge >= 0.3 is 0 Å². The first-order valence-electron chi connectivity index (χ1n) is 9.19. The Morgan fingerprint density at radius 3 is 2.83 bits per heavy atom. The molecular formula is C21H18ClFN4O2. The van der Waals surface area contributed by atoms with Crippen molar-refractivity contribution in [2.24, 2.45) is 0 Å². The molecule has 0 radical (unpaired) electrons. The third-order valence-electron chi connectivity index (χ3n) is 4.58. The third-order valence-corrected chi connectivity index (χ3v) is 4.83. The van der Waals surface area contributed by atoms with Crippen molar-refractivity contribution in [3.05, 3.63) is 71.0 Å². The van der Waals surface area contributed by atoms with Gasteiger partial charge in [-0.3, -0.25) is 4.79 Å². The topological polar surface area (TPSA) is 83.8 Å². The van der Waals surface area contributed by atoms with E-state index in [0.29, 0.717) is 36.1 Å². The van der Waals surface area contributed by atoms with Crippen molar-refractivity contribution in [2.75, 3.05) is 6.54 Å². The molecule has 4 rings (SSSR count). The molecule has 0 saturated heterocycles. The highest BCUT2D eigenvalue weighted by Gasteiger charge is 2.11. The number of amides is 1. The number of halogens is 2. The first-order valence-corrected chi connectivity index (χ1v) is 9.57. The van der Waals surface area contributed by atoms with Crippen LogP contribution in [0.4, 0.5) is 4.39 Å². The summed E-state index contributed by atoms with van der Waals surface area (Å²) in [5, 5.41) is 8.26. The molecule has 0 aliphatic heterocycles. The second-order valence-corrected chi connectivity index (χ2v) is 7.06. The number of carbonyl (C=O) groups is 1. The van der Waals surface area contributed by atoms with Crippen LogP contribution in [0, 0.1) is 5.82 Å². The highest BCUT2D eigenvalue weighted by molar-refractivity contribution is 6.30. The lowest BCUT2D eigenvalue weighted by atomic mass is 10.1. The fourth-order valence-corrected chi connectivity index (χ4v) is 3.20. The summed E-state index contributed by atoms with van der Waals surface area (Å²) in [6.45, 7) is 0.460. The number of fused-ring (bicyclic) bond motifs is 1. The maximum absolute atomic E-state index is 13.4. The lowest BCUT2D eigenvalue weighted by Crippen LogP contribution is -2.25. The van der Waals surface area contributed by atoms with Crippen LogP contribution in [-0.2, 0) is 17.6 Å². The first kappa shape index (κ1) is 19.1. The number of aromatic amines is 1. The van der Waals surface area contributed by atoms with Crippen molar-refractivity contribution in [1.82, 2.24) is 20.4 Å². The maximum atomic E-state index is 13.4. The van der Waals surface area contributed by atoms with E-state index in [1.807, 2.05) is 6.20 Å². The van der Waals surface area contributed by atoms with E-state index in [9.17, 15) is 9.18 Å². The number of nitrogens with one attached hydrogen (secondary N) is 2. The summed E-state index contributed by atoms with van der Waals surface area (Å²) in [6, 6.07) is 11.7. The Balaban J connectivity index is 1.26. The Morgan fingerprint density at radius 1 is 1.17 bits per heavy atom. The number of hydrogen-bond donors (Lipinski definition) is 2. The van der Waals surface area contributed by atoms with Gasteiger partial charge < -0.3 is 14.8 Å². The molecule has 0 atom stereocenters. The quantitative estimate of drug-likeness (QED) is 0.474. The number of benzene rings is 2. The Labute approximate surface area is 171 Å². The zero-order valence-electron chi connectivity index (χ0n) is 15.4. The van der Waals surface area contributed by atoms with Crippen molar-refractivity contribution in [3.63, 3.8) is 0 Å².